The zero-order chi connectivity index (χ0) is 14.8. The predicted octanol–water partition coefficient (Wildman–Crippen LogP) is 2.57. The Kier molecular flexibility index (Phi) is 3.88. The van der Waals surface area contributed by atoms with Crippen LogP contribution in [0.2, 0.25) is 0 Å². The molecule has 6 heteroatoms. The monoisotopic (exact) mass is 346 g/mol. The van der Waals surface area contributed by atoms with E-state index >= 15 is 0 Å². The summed E-state index contributed by atoms with van der Waals surface area (Å²) < 4.78 is 1.14. The van der Waals surface area contributed by atoms with Crippen LogP contribution < -0.4 is 10.6 Å². The van der Waals surface area contributed by atoms with E-state index in [1.165, 1.54) is 5.56 Å². The Morgan fingerprint density at radius 1 is 1.24 bits per heavy atom. The molecule has 2 unspecified atom stereocenters. The van der Waals surface area contributed by atoms with Crippen molar-refractivity contribution in [2.45, 2.75) is 18.4 Å². The fourth-order valence-corrected chi connectivity index (χ4v) is 2.90. The van der Waals surface area contributed by atoms with E-state index in [9.17, 15) is 4.79 Å². The molecule has 0 spiro atoms. The number of anilines is 1. The lowest BCUT2D eigenvalue weighted by atomic mass is 10.1. The van der Waals surface area contributed by atoms with Gasteiger partial charge in [0.25, 0.3) is 5.91 Å². The van der Waals surface area contributed by atoms with Crippen molar-refractivity contribution in [2.24, 2.45) is 0 Å². The van der Waals surface area contributed by atoms with Crippen molar-refractivity contribution in [1.82, 2.24) is 15.5 Å². The van der Waals surface area contributed by atoms with Gasteiger partial charge in [-0.15, -0.1) is 10.2 Å². The number of carbonyl (C=O) groups excluding carboxylic acids is 1. The maximum absolute atomic E-state index is 11.4. The molecule has 2 aromatic rings. The minimum Gasteiger partial charge on any atom is -0.365 e. The van der Waals surface area contributed by atoms with Crippen LogP contribution in [0, 0.1) is 0 Å². The van der Waals surface area contributed by atoms with E-state index in [1.54, 1.807) is 19.2 Å². The van der Waals surface area contributed by atoms with E-state index in [4.69, 9.17) is 0 Å². The molecule has 1 aromatic carbocycles. The molecule has 1 fully saturated rings. The molecule has 0 saturated heterocycles. The van der Waals surface area contributed by atoms with Gasteiger partial charge in [-0.2, -0.15) is 0 Å². The van der Waals surface area contributed by atoms with E-state index in [0.29, 0.717) is 23.5 Å². The third-order valence-electron chi connectivity index (χ3n) is 3.55. The first-order valence-electron chi connectivity index (χ1n) is 6.76. The average Bonchev–Trinajstić information content (AvgIpc) is 3.26. The van der Waals surface area contributed by atoms with Crippen LogP contribution in [0.5, 0.6) is 0 Å². The van der Waals surface area contributed by atoms with Gasteiger partial charge in [-0.05, 0) is 30.2 Å². The van der Waals surface area contributed by atoms with Gasteiger partial charge >= 0.3 is 0 Å². The highest BCUT2D eigenvalue weighted by molar-refractivity contribution is 9.10. The summed E-state index contributed by atoms with van der Waals surface area (Å²) in [5.41, 5.74) is 1.63. The fourth-order valence-electron chi connectivity index (χ4n) is 2.32. The zero-order valence-corrected chi connectivity index (χ0v) is 13.1. The van der Waals surface area contributed by atoms with Gasteiger partial charge in [0.2, 0.25) is 0 Å². The van der Waals surface area contributed by atoms with Crippen LogP contribution in [-0.2, 0) is 0 Å². The molecule has 0 bridgehead atoms. The second-order valence-corrected chi connectivity index (χ2v) is 5.85. The number of carbonyl (C=O) groups is 1. The molecule has 1 aliphatic carbocycles. The Hall–Kier alpha value is -1.95. The van der Waals surface area contributed by atoms with E-state index in [-0.39, 0.29) is 5.91 Å². The molecule has 1 amide bonds. The van der Waals surface area contributed by atoms with Gasteiger partial charge in [0, 0.05) is 23.5 Å². The van der Waals surface area contributed by atoms with Gasteiger partial charge in [0.15, 0.2) is 5.69 Å². The lowest BCUT2D eigenvalue weighted by Crippen LogP contribution is -2.20. The SMILES string of the molecule is CNC(=O)c1ccc(NC2CC2c2ccccc2Br)nn1. The number of nitrogens with zero attached hydrogens (tertiary/aromatic N) is 2. The maximum atomic E-state index is 11.4. The van der Waals surface area contributed by atoms with Crippen LogP contribution in [0.4, 0.5) is 5.82 Å². The molecule has 21 heavy (non-hydrogen) atoms. The van der Waals surface area contributed by atoms with Crippen molar-refractivity contribution in [3.05, 3.63) is 52.1 Å². The molecule has 0 radical (unpaired) electrons. The molecule has 1 heterocycles. The maximum Gasteiger partial charge on any atom is 0.271 e. The number of hydrogen-bond donors (Lipinski definition) is 2. The summed E-state index contributed by atoms with van der Waals surface area (Å²) in [5.74, 6) is 0.953. The van der Waals surface area contributed by atoms with Crippen molar-refractivity contribution in [1.29, 1.82) is 0 Å². The lowest BCUT2D eigenvalue weighted by Gasteiger charge is -2.06. The van der Waals surface area contributed by atoms with Crippen LogP contribution in [0.3, 0.4) is 0 Å². The van der Waals surface area contributed by atoms with Gasteiger partial charge in [0.05, 0.1) is 0 Å². The number of nitrogens with one attached hydrogen (secondary N) is 2. The number of hydrogen-bond acceptors (Lipinski definition) is 4. The van der Waals surface area contributed by atoms with Crippen molar-refractivity contribution >= 4 is 27.7 Å². The summed E-state index contributed by atoms with van der Waals surface area (Å²) in [5, 5.41) is 13.8. The zero-order valence-electron chi connectivity index (χ0n) is 11.5. The van der Waals surface area contributed by atoms with E-state index < -0.39 is 0 Å². The van der Waals surface area contributed by atoms with Crippen molar-refractivity contribution in [3.8, 4) is 0 Å². The lowest BCUT2D eigenvalue weighted by molar-refractivity contribution is 0.0957. The molecule has 108 valence electrons. The Balaban J connectivity index is 1.64. The van der Waals surface area contributed by atoms with Gasteiger partial charge in [0.1, 0.15) is 5.82 Å². The standard InChI is InChI=1S/C15H15BrN4O/c1-17-15(21)12-6-7-14(20-19-12)18-13-8-10(13)9-4-2-3-5-11(9)16/h2-7,10,13H,8H2,1H3,(H,17,21)(H,18,20). The molecule has 1 aliphatic rings. The smallest absolute Gasteiger partial charge is 0.271 e. The number of amides is 1. The van der Waals surface area contributed by atoms with Gasteiger partial charge < -0.3 is 10.6 Å². The van der Waals surface area contributed by atoms with Crippen molar-refractivity contribution in [3.63, 3.8) is 0 Å². The van der Waals surface area contributed by atoms with Crippen LogP contribution in [0.25, 0.3) is 0 Å². The minimum atomic E-state index is -0.230. The van der Waals surface area contributed by atoms with Crippen LogP contribution in [-0.4, -0.2) is 29.2 Å². The van der Waals surface area contributed by atoms with Gasteiger partial charge in [-0.3, -0.25) is 4.79 Å². The predicted molar refractivity (Wildman–Crippen MR) is 84.3 cm³/mol. The Morgan fingerprint density at radius 3 is 2.71 bits per heavy atom. The Morgan fingerprint density at radius 2 is 2.05 bits per heavy atom. The van der Waals surface area contributed by atoms with Crippen molar-refractivity contribution in [2.75, 3.05) is 12.4 Å². The molecule has 1 aromatic heterocycles. The number of aromatic nitrogens is 2. The Bertz CT molecular complexity index is 659. The molecule has 5 nitrogen and oxygen atoms in total. The summed E-state index contributed by atoms with van der Waals surface area (Å²) in [6.45, 7) is 0. The molecular formula is C15H15BrN4O. The normalized spacial score (nSPS) is 19.9. The highest BCUT2D eigenvalue weighted by Gasteiger charge is 2.39. The highest BCUT2D eigenvalue weighted by atomic mass is 79.9. The van der Waals surface area contributed by atoms with Crippen LogP contribution >= 0.6 is 15.9 Å². The largest absolute Gasteiger partial charge is 0.365 e. The molecule has 2 N–H and O–H groups in total. The van der Waals surface area contributed by atoms with Crippen molar-refractivity contribution < 1.29 is 4.79 Å². The third-order valence-corrected chi connectivity index (χ3v) is 4.27. The second-order valence-electron chi connectivity index (χ2n) is 5.00. The number of rotatable bonds is 4. The van der Waals surface area contributed by atoms with E-state index in [0.717, 1.165) is 10.9 Å². The highest BCUT2D eigenvalue weighted by Crippen LogP contribution is 2.45. The van der Waals surface area contributed by atoms with Gasteiger partial charge in [-0.1, -0.05) is 34.1 Å². The third kappa shape index (κ3) is 3.05. The second kappa shape index (κ2) is 5.81. The Labute approximate surface area is 131 Å². The number of benzene rings is 1. The fraction of sp³-hybridized carbons (Fsp3) is 0.267. The van der Waals surface area contributed by atoms with E-state index in [2.05, 4.69) is 48.9 Å². The summed E-state index contributed by atoms with van der Waals surface area (Å²) in [6, 6.07) is 12.1. The molecule has 0 aliphatic heterocycles. The van der Waals surface area contributed by atoms with Crippen LogP contribution in [0.15, 0.2) is 40.9 Å². The van der Waals surface area contributed by atoms with E-state index in [1.807, 2.05) is 12.1 Å². The molecular weight excluding hydrogens is 332 g/mol. The summed E-state index contributed by atoms with van der Waals surface area (Å²) in [4.78, 5) is 11.4. The molecule has 3 rings (SSSR count). The number of halogens is 1. The van der Waals surface area contributed by atoms with Gasteiger partial charge in [-0.25, -0.2) is 0 Å². The summed E-state index contributed by atoms with van der Waals surface area (Å²) in [6.07, 6.45) is 1.07. The molecule has 2 atom stereocenters. The average molecular weight is 347 g/mol. The first kappa shape index (κ1) is 14.0. The summed E-state index contributed by atoms with van der Waals surface area (Å²) >= 11 is 3.58. The quantitative estimate of drug-likeness (QED) is 0.892. The summed E-state index contributed by atoms with van der Waals surface area (Å²) in [7, 11) is 1.57. The topological polar surface area (TPSA) is 66.9 Å². The molecule has 1 saturated carbocycles. The first-order valence-corrected chi connectivity index (χ1v) is 7.55. The minimum absolute atomic E-state index is 0.230. The van der Waals surface area contributed by atoms with Crippen LogP contribution in [0.1, 0.15) is 28.4 Å². The first-order chi connectivity index (χ1) is 10.2.